The predicted octanol–water partition coefficient (Wildman–Crippen LogP) is 3.28. The second kappa shape index (κ2) is 6.90. The molecule has 0 fully saturated rings. The van der Waals surface area contributed by atoms with E-state index in [4.69, 9.17) is 0 Å². The van der Waals surface area contributed by atoms with Gasteiger partial charge in [0.05, 0.1) is 10.3 Å². The lowest BCUT2D eigenvalue weighted by molar-refractivity contribution is 0.102. The van der Waals surface area contributed by atoms with Gasteiger partial charge in [0, 0.05) is 18.0 Å². The fraction of sp³-hybridized carbons (Fsp3) is 0.0500. The first kappa shape index (κ1) is 17.9. The molecular formula is C20H16N4O3S. The number of nitrogens with one attached hydrogen (secondary N) is 2. The number of hydrogen-bond acceptors (Lipinski definition) is 5. The van der Waals surface area contributed by atoms with Gasteiger partial charge in [-0.25, -0.2) is 13.4 Å². The number of aromatic nitrogens is 3. The van der Waals surface area contributed by atoms with Crippen LogP contribution in [-0.2, 0) is 9.84 Å². The number of carbonyl (C=O) groups is 1. The standard InChI is InChI=1S/C20H16N4O3S/c1-28(26,27)15-9-5-8-14(12-15)20(25)22-19-17-16(13-6-3-2-4-7-13)10-11-21-18(17)23-24-19/h2-12H,1H3,(H2,21,22,23,24,25). The molecule has 4 aromatic rings. The van der Waals surface area contributed by atoms with Crippen molar-refractivity contribution in [2.45, 2.75) is 4.90 Å². The van der Waals surface area contributed by atoms with Gasteiger partial charge in [0.25, 0.3) is 5.91 Å². The van der Waals surface area contributed by atoms with Crippen LogP contribution in [0.5, 0.6) is 0 Å². The van der Waals surface area contributed by atoms with E-state index in [9.17, 15) is 13.2 Å². The van der Waals surface area contributed by atoms with Gasteiger partial charge in [-0.3, -0.25) is 9.89 Å². The molecule has 1 amide bonds. The molecule has 28 heavy (non-hydrogen) atoms. The Morgan fingerprint density at radius 2 is 1.82 bits per heavy atom. The first-order valence-corrected chi connectivity index (χ1v) is 10.3. The van der Waals surface area contributed by atoms with Crippen molar-refractivity contribution in [1.82, 2.24) is 15.2 Å². The second-order valence-corrected chi connectivity index (χ2v) is 8.29. The number of pyridine rings is 1. The smallest absolute Gasteiger partial charge is 0.256 e. The van der Waals surface area contributed by atoms with Crippen LogP contribution in [0.1, 0.15) is 10.4 Å². The van der Waals surface area contributed by atoms with Gasteiger partial charge in [-0.1, -0.05) is 36.4 Å². The van der Waals surface area contributed by atoms with Crippen LogP contribution in [0.15, 0.2) is 71.8 Å². The van der Waals surface area contributed by atoms with E-state index in [0.29, 0.717) is 16.9 Å². The summed E-state index contributed by atoms with van der Waals surface area (Å²) >= 11 is 0. The molecule has 0 saturated carbocycles. The Balaban J connectivity index is 1.74. The molecule has 0 saturated heterocycles. The molecule has 140 valence electrons. The van der Waals surface area contributed by atoms with Gasteiger partial charge in [0.2, 0.25) is 0 Å². The monoisotopic (exact) mass is 392 g/mol. The predicted molar refractivity (Wildman–Crippen MR) is 107 cm³/mol. The lowest BCUT2D eigenvalue weighted by Crippen LogP contribution is -2.13. The zero-order chi connectivity index (χ0) is 19.7. The zero-order valence-corrected chi connectivity index (χ0v) is 15.7. The molecule has 8 heteroatoms. The molecule has 0 bridgehead atoms. The van der Waals surface area contributed by atoms with E-state index >= 15 is 0 Å². The van der Waals surface area contributed by atoms with Crippen LogP contribution in [0.3, 0.4) is 0 Å². The number of rotatable bonds is 4. The Bertz CT molecular complexity index is 1280. The van der Waals surface area contributed by atoms with E-state index in [1.54, 1.807) is 12.3 Å². The van der Waals surface area contributed by atoms with E-state index in [2.05, 4.69) is 20.5 Å². The highest BCUT2D eigenvalue weighted by Gasteiger charge is 2.17. The first-order valence-electron chi connectivity index (χ1n) is 8.43. The van der Waals surface area contributed by atoms with Crippen LogP contribution in [0.25, 0.3) is 22.2 Å². The Labute approximate surface area is 161 Å². The van der Waals surface area contributed by atoms with Crippen molar-refractivity contribution >= 4 is 32.6 Å². The fourth-order valence-electron chi connectivity index (χ4n) is 2.95. The highest BCUT2D eigenvalue weighted by Crippen LogP contribution is 2.31. The molecule has 0 aliphatic rings. The number of carbonyl (C=O) groups excluding carboxylic acids is 1. The number of fused-ring (bicyclic) bond motifs is 1. The Kier molecular flexibility index (Phi) is 4.40. The van der Waals surface area contributed by atoms with Gasteiger partial charge in [-0.15, -0.1) is 0 Å². The van der Waals surface area contributed by atoms with Gasteiger partial charge in [-0.2, -0.15) is 5.10 Å². The van der Waals surface area contributed by atoms with Crippen molar-refractivity contribution < 1.29 is 13.2 Å². The summed E-state index contributed by atoms with van der Waals surface area (Å²) in [7, 11) is -3.41. The molecule has 0 atom stereocenters. The van der Waals surface area contributed by atoms with Crippen LogP contribution >= 0.6 is 0 Å². The summed E-state index contributed by atoms with van der Waals surface area (Å²) in [6.45, 7) is 0. The molecule has 4 rings (SSSR count). The number of H-pyrrole nitrogens is 1. The maximum absolute atomic E-state index is 12.7. The maximum Gasteiger partial charge on any atom is 0.256 e. The SMILES string of the molecule is CS(=O)(=O)c1cccc(C(=O)Nc2[nH]nc3nccc(-c4ccccc4)c23)c1. The number of amides is 1. The fourth-order valence-corrected chi connectivity index (χ4v) is 3.62. The van der Waals surface area contributed by atoms with Gasteiger partial charge < -0.3 is 5.32 Å². The van der Waals surface area contributed by atoms with Gasteiger partial charge in [0.15, 0.2) is 15.5 Å². The molecule has 2 heterocycles. The van der Waals surface area contributed by atoms with E-state index in [0.717, 1.165) is 17.4 Å². The van der Waals surface area contributed by atoms with Gasteiger partial charge in [-0.05, 0) is 35.4 Å². The summed E-state index contributed by atoms with van der Waals surface area (Å²) in [6.07, 6.45) is 2.76. The average Bonchev–Trinajstić information content (AvgIpc) is 3.11. The molecule has 0 aliphatic carbocycles. The molecule has 2 aromatic heterocycles. The summed E-state index contributed by atoms with van der Waals surface area (Å²) in [5.74, 6) is -0.0457. The summed E-state index contributed by atoms with van der Waals surface area (Å²) in [5, 5.41) is 10.4. The van der Waals surface area contributed by atoms with E-state index in [-0.39, 0.29) is 10.5 Å². The van der Waals surface area contributed by atoms with Crippen molar-refractivity contribution in [1.29, 1.82) is 0 Å². The summed E-state index contributed by atoms with van der Waals surface area (Å²) < 4.78 is 23.5. The lowest BCUT2D eigenvalue weighted by atomic mass is 10.0. The quantitative estimate of drug-likeness (QED) is 0.554. The van der Waals surface area contributed by atoms with Crippen LogP contribution < -0.4 is 5.32 Å². The van der Waals surface area contributed by atoms with Crippen LogP contribution in [-0.4, -0.2) is 35.8 Å². The molecule has 2 aromatic carbocycles. The van der Waals surface area contributed by atoms with E-state index < -0.39 is 15.7 Å². The average molecular weight is 392 g/mol. The van der Waals surface area contributed by atoms with Crippen molar-refractivity contribution in [3.05, 3.63) is 72.4 Å². The maximum atomic E-state index is 12.7. The van der Waals surface area contributed by atoms with Crippen LogP contribution in [0, 0.1) is 0 Å². The number of anilines is 1. The summed E-state index contributed by atoms with van der Waals surface area (Å²) in [4.78, 5) is 17.0. The van der Waals surface area contributed by atoms with E-state index in [1.807, 2.05) is 36.4 Å². The van der Waals surface area contributed by atoms with Crippen molar-refractivity contribution in [2.24, 2.45) is 0 Å². The third-order valence-electron chi connectivity index (χ3n) is 4.30. The molecule has 7 nitrogen and oxygen atoms in total. The molecule has 0 radical (unpaired) electrons. The minimum absolute atomic E-state index is 0.0845. The topological polar surface area (TPSA) is 105 Å². The number of hydrogen-bond donors (Lipinski definition) is 2. The highest BCUT2D eigenvalue weighted by atomic mass is 32.2. The summed E-state index contributed by atoms with van der Waals surface area (Å²) in [5.41, 5.74) is 2.54. The van der Waals surface area contributed by atoms with Crippen molar-refractivity contribution in [2.75, 3.05) is 11.6 Å². The molecule has 0 unspecified atom stereocenters. The largest absolute Gasteiger partial charge is 0.306 e. The van der Waals surface area contributed by atoms with Crippen molar-refractivity contribution in [3.63, 3.8) is 0 Å². The minimum atomic E-state index is -3.41. The number of nitrogens with zero attached hydrogens (tertiary/aromatic N) is 2. The van der Waals surface area contributed by atoms with Crippen LogP contribution in [0.4, 0.5) is 5.82 Å². The zero-order valence-electron chi connectivity index (χ0n) is 14.9. The minimum Gasteiger partial charge on any atom is -0.306 e. The van der Waals surface area contributed by atoms with E-state index in [1.165, 1.54) is 18.2 Å². The Morgan fingerprint density at radius 1 is 1.04 bits per heavy atom. The normalized spacial score (nSPS) is 11.5. The van der Waals surface area contributed by atoms with Crippen LogP contribution in [0.2, 0.25) is 0 Å². The molecule has 0 aliphatic heterocycles. The number of sulfone groups is 1. The summed E-state index contributed by atoms with van der Waals surface area (Å²) in [6, 6.07) is 17.4. The lowest BCUT2D eigenvalue weighted by Gasteiger charge is -2.08. The molecular weight excluding hydrogens is 376 g/mol. The number of benzene rings is 2. The third-order valence-corrected chi connectivity index (χ3v) is 5.41. The highest BCUT2D eigenvalue weighted by molar-refractivity contribution is 7.90. The Morgan fingerprint density at radius 3 is 2.57 bits per heavy atom. The molecule has 0 spiro atoms. The number of aromatic amines is 1. The second-order valence-electron chi connectivity index (χ2n) is 6.28. The first-order chi connectivity index (χ1) is 13.4. The van der Waals surface area contributed by atoms with Crippen molar-refractivity contribution in [3.8, 4) is 11.1 Å². The van der Waals surface area contributed by atoms with Gasteiger partial charge in [0.1, 0.15) is 5.82 Å². The Hall–Kier alpha value is -3.52. The van der Waals surface area contributed by atoms with Gasteiger partial charge >= 0.3 is 0 Å². The molecule has 2 N–H and O–H groups in total. The third kappa shape index (κ3) is 3.37.